The first-order chi connectivity index (χ1) is 12.6. The minimum absolute atomic E-state index is 0.147. The lowest BCUT2D eigenvalue weighted by molar-refractivity contribution is -0.119. The van der Waals surface area contributed by atoms with E-state index >= 15 is 0 Å². The van der Waals surface area contributed by atoms with Gasteiger partial charge in [-0.15, -0.1) is 0 Å². The zero-order chi connectivity index (χ0) is 18.5. The van der Waals surface area contributed by atoms with Crippen LogP contribution in [-0.4, -0.2) is 32.1 Å². The lowest BCUT2D eigenvalue weighted by Gasteiger charge is -2.31. The number of hydrogen-bond acceptors (Lipinski definition) is 4. The molecule has 6 heteroatoms. The van der Waals surface area contributed by atoms with Gasteiger partial charge in [0.2, 0.25) is 5.91 Å². The quantitative estimate of drug-likeness (QED) is 0.837. The highest BCUT2D eigenvalue weighted by Gasteiger charge is 2.23. The molecule has 0 saturated heterocycles. The minimum atomic E-state index is -0.368. The number of nitrogens with one attached hydrogen (secondary N) is 1. The fraction of sp³-hybridized carbons (Fsp3) is 0.300. The number of methoxy groups -OCH3 is 1. The van der Waals surface area contributed by atoms with Crippen LogP contribution in [0.15, 0.2) is 42.5 Å². The number of hydrogen-bond donors (Lipinski definition) is 1. The predicted molar refractivity (Wildman–Crippen MR) is 96.6 cm³/mol. The van der Waals surface area contributed by atoms with Crippen LogP contribution in [0.2, 0.25) is 0 Å². The monoisotopic (exact) mass is 356 g/mol. The third kappa shape index (κ3) is 3.85. The standard InChI is InChI=1S/C20H21FN2O3/c1-26-20(25)16-7-4-10-18-15(16)8-5-11-23(18)13-19(24)22-12-14-6-2-3-9-17(14)21/h2-4,6-7,9-10H,5,8,11-13H2,1H3,(H,22,24). The number of carbonyl (C=O) groups is 2. The zero-order valence-corrected chi connectivity index (χ0v) is 14.6. The fourth-order valence-electron chi connectivity index (χ4n) is 3.23. The number of fused-ring (bicyclic) bond motifs is 1. The van der Waals surface area contributed by atoms with Crippen LogP contribution in [0.3, 0.4) is 0 Å². The highest BCUT2D eigenvalue weighted by atomic mass is 19.1. The molecule has 26 heavy (non-hydrogen) atoms. The molecule has 0 spiro atoms. The third-order valence-electron chi connectivity index (χ3n) is 4.52. The third-order valence-corrected chi connectivity index (χ3v) is 4.52. The van der Waals surface area contributed by atoms with Gasteiger partial charge in [0.1, 0.15) is 5.82 Å². The second kappa shape index (κ2) is 7.99. The van der Waals surface area contributed by atoms with Gasteiger partial charge in [0.25, 0.3) is 0 Å². The molecule has 0 aliphatic carbocycles. The first-order valence-corrected chi connectivity index (χ1v) is 8.55. The van der Waals surface area contributed by atoms with E-state index in [-0.39, 0.29) is 30.8 Å². The first kappa shape index (κ1) is 17.9. The number of halogens is 1. The van der Waals surface area contributed by atoms with Gasteiger partial charge in [-0.1, -0.05) is 24.3 Å². The second-order valence-corrected chi connectivity index (χ2v) is 6.19. The molecule has 2 aromatic rings. The molecule has 1 aliphatic rings. The molecule has 0 radical (unpaired) electrons. The van der Waals surface area contributed by atoms with Crippen LogP contribution < -0.4 is 10.2 Å². The summed E-state index contributed by atoms with van der Waals surface area (Å²) < 4.78 is 18.5. The molecule has 136 valence electrons. The molecule has 5 nitrogen and oxygen atoms in total. The normalized spacial score (nSPS) is 13.1. The van der Waals surface area contributed by atoms with Crippen molar-refractivity contribution in [3.8, 4) is 0 Å². The summed E-state index contributed by atoms with van der Waals surface area (Å²) in [5.41, 5.74) is 2.78. The van der Waals surface area contributed by atoms with Crippen molar-refractivity contribution < 1.29 is 18.7 Å². The summed E-state index contributed by atoms with van der Waals surface area (Å²) >= 11 is 0. The molecule has 0 atom stereocenters. The maximum atomic E-state index is 13.6. The molecule has 1 N–H and O–H groups in total. The number of esters is 1. The van der Waals surface area contributed by atoms with Gasteiger partial charge in [-0.2, -0.15) is 0 Å². The molecule has 1 heterocycles. The van der Waals surface area contributed by atoms with Gasteiger partial charge < -0.3 is 15.0 Å². The van der Waals surface area contributed by atoms with Crippen molar-refractivity contribution in [3.05, 3.63) is 65.0 Å². The molecule has 0 saturated carbocycles. The van der Waals surface area contributed by atoms with E-state index in [1.165, 1.54) is 13.2 Å². The number of anilines is 1. The average Bonchev–Trinajstić information content (AvgIpc) is 2.66. The average molecular weight is 356 g/mol. The van der Waals surface area contributed by atoms with Crippen LogP contribution in [0.1, 0.15) is 27.9 Å². The Hall–Kier alpha value is -2.89. The summed E-state index contributed by atoms with van der Waals surface area (Å²) in [6.45, 7) is 1.03. The van der Waals surface area contributed by atoms with Crippen LogP contribution in [0, 0.1) is 5.82 Å². The summed E-state index contributed by atoms with van der Waals surface area (Å²) in [7, 11) is 1.36. The van der Waals surface area contributed by atoms with E-state index < -0.39 is 0 Å². The summed E-state index contributed by atoms with van der Waals surface area (Å²) in [4.78, 5) is 26.2. The predicted octanol–water partition coefficient (Wildman–Crippen LogP) is 2.68. The van der Waals surface area contributed by atoms with Crippen LogP contribution >= 0.6 is 0 Å². The van der Waals surface area contributed by atoms with Crippen LogP contribution in [-0.2, 0) is 22.5 Å². The Balaban J connectivity index is 1.69. The van der Waals surface area contributed by atoms with Crippen molar-refractivity contribution in [1.82, 2.24) is 5.32 Å². The Morgan fingerprint density at radius 3 is 2.77 bits per heavy atom. The summed E-state index contributed by atoms with van der Waals surface area (Å²) in [6.07, 6.45) is 1.62. The minimum Gasteiger partial charge on any atom is -0.465 e. The molecule has 0 unspecified atom stereocenters. The van der Waals surface area contributed by atoms with Crippen molar-refractivity contribution in [2.75, 3.05) is 25.1 Å². The van der Waals surface area contributed by atoms with Crippen LogP contribution in [0.25, 0.3) is 0 Å². The van der Waals surface area contributed by atoms with E-state index in [9.17, 15) is 14.0 Å². The van der Waals surface area contributed by atoms with Gasteiger partial charge in [0.05, 0.1) is 19.2 Å². The van der Waals surface area contributed by atoms with Gasteiger partial charge >= 0.3 is 5.97 Å². The van der Waals surface area contributed by atoms with Crippen molar-refractivity contribution in [1.29, 1.82) is 0 Å². The lowest BCUT2D eigenvalue weighted by atomic mass is 9.96. The second-order valence-electron chi connectivity index (χ2n) is 6.19. The SMILES string of the molecule is COC(=O)c1cccc2c1CCCN2CC(=O)NCc1ccccc1F. The van der Waals surface area contributed by atoms with Gasteiger partial charge in [0, 0.05) is 24.3 Å². The molecular formula is C20H21FN2O3. The number of amides is 1. The molecule has 3 rings (SSSR count). The van der Waals surface area contributed by atoms with Crippen LogP contribution in [0.4, 0.5) is 10.1 Å². The molecular weight excluding hydrogens is 335 g/mol. The largest absolute Gasteiger partial charge is 0.465 e. The fourth-order valence-corrected chi connectivity index (χ4v) is 3.23. The number of ether oxygens (including phenoxy) is 1. The van der Waals surface area contributed by atoms with Gasteiger partial charge in [-0.05, 0) is 36.6 Å². The van der Waals surface area contributed by atoms with Gasteiger partial charge in [0.15, 0.2) is 0 Å². The molecule has 0 bridgehead atoms. The number of rotatable bonds is 5. The van der Waals surface area contributed by atoms with Gasteiger partial charge in [-0.3, -0.25) is 4.79 Å². The summed E-state index contributed by atoms with van der Waals surface area (Å²) in [6, 6.07) is 11.8. The molecule has 0 aromatic heterocycles. The van der Waals surface area contributed by atoms with Gasteiger partial charge in [-0.25, -0.2) is 9.18 Å². The van der Waals surface area contributed by atoms with Crippen molar-refractivity contribution in [2.45, 2.75) is 19.4 Å². The Morgan fingerprint density at radius 2 is 2.00 bits per heavy atom. The Morgan fingerprint density at radius 1 is 1.19 bits per heavy atom. The molecule has 1 aliphatic heterocycles. The van der Waals surface area contributed by atoms with Crippen LogP contribution in [0.5, 0.6) is 0 Å². The van der Waals surface area contributed by atoms with Crippen molar-refractivity contribution in [2.24, 2.45) is 0 Å². The van der Waals surface area contributed by atoms with E-state index in [1.807, 2.05) is 11.0 Å². The van der Waals surface area contributed by atoms with E-state index in [0.29, 0.717) is 11.1 Å². The maximum absolute atomic E-state index is 13.6. The van der Waals surface area contributed by atoms with E-state index in [2.05, 4.69) is 5.32 Å². The summed E-state index contributed by atoms with van der Waals surface area (Å²) in [5, 5.41) is 2.75. The molecule has 2 aromatic carbocycles. The number of carbonyl (C=O) groups excluding carboxylic acids is 2. The van der Waals surface area contributed by atoms with Crippen molar-refractivity contribution >= 4 is 17.6 Å². The lowest BCUT2D eigenvalue weighted by Crippen LogP contribution is -2.40. The Bertz CT molecular complexity index is 822. The van der Waals surface area contributed by atoms with E-state index in [4.69, 9.17) is 4.74 Å². The Labute approximate surface area is 151 Å². The molecule has 0 fully saturated rings. The topological polar surface area (TPSA) is 58.6 Å². The smallest absolute Gasteiger partial charge is 0.338 e. The maximum Gasteiger partial charge on any atom is 0.338 e. The number of nitrogens with zero attached hydrogens (tertiary/aromatic N) is 1. The number of benzene rings is 2. The highest BCUT2D eigenvalue weighted by Crippen LogP contribution is 2.30. The highest BCUT2D eigenvalue weighted by molar-refractivity contribution is 5.93. The summed E-state index contributed by atoms with van der Waals surface area (Å²) in [5.74, 6) is -0.892. The zero-order valence-electron chi connectivity index (χ0n) is 14.6. The molecule has 1 amide bonds. The van der Waals surface area contributed by atoms with Crippen molar-refractivity contribution in [3.63, 3.8) is 0 Å². The van der Waals surface area contributed by atoms with E-state index in [1.54, 1.807) is 30.3 Å². The Kier molecular flexibility index (Phi) is 5.51. The van der Waals surface area contributed by atoms with E-state index in [0.717, 1.165) is 30.6 Å². The first-order valence-electron chi connectivity index (χ1n) is 8.55.